The Hall–Kier alpha value is -4.07. The molecule has 6 amide bonds. The number of pyridine rings is 1. The van der Waals surface area contributed by atoms with Crippen molar-refractivity contribution in [2.45, 2.75) is 30.2 Å². The van der Waals surface area contributed by atoms with Crippen molar-refractivity contribution in [1.82, 2.24) is 45.9 Å². The lowest BCUT2D eigenvalue weighted by molar-refractivity contribution is -0.143. The van der Waals surface area contributed by atoms with Gasteiger partial charge in [0.15, 0.2) is 5.69 Å². The van der Waals surface area contributed by atoms with Crippen molar-refractivity contribution in [1.29, 1.82) is 0 Å². The molecule has 2 unspecified atom stereocenters. The van der Waals surface area contributed by atoms with Crippen LogP contribution in [0.5, 0.6) is 5.75 Å². The minimum Gasteiger partial charge on any atom is -0.505 e. The number of likely N-dealkylation sites (N-methyl/N-ethyl adjacent to an activating group) is 5. The fraction of sp³-hybridized carbons (Fsp3) is 0.526. The van der Waals surface area contributed by atoms with Gasteiger partial charge in [-0.2, -0.15) is 11.8 Å². The number of thioether (sulfide) groups is 3. The van der Waals surface area contributed by atoms with Crippen LogP contribution in [0.25, 0.3) is 10.9 Å². The summed E-state index contributed by atoms with van der Waals surface area (Å²) in [6.07, 6.45) is 2.32. The lowest BCUT2D eigenvalue weighted by Crippen LogP contribution is -2.55. The summed E-state index contributed by atoms with van der Waals surface area (Å²) >= 11 is 2.88. The maximum absolute atomic E-state index is 14.0. The molecular formula is C38H53N9O10S5. The van der Waals surface area contributed by atoms with Gasteiger partial charge in [0.2, 0.25) is 39.8 Å². The molecule has 24 heteroatoms. The van der Waals surface area contributed by atoms with Crippen LogP contribution in [-0.4, -0.2) is 209 Å². The lowest BCUT2D eigenvalue weighted by atomic mass is 10.1. The average molecular weight is 956 g/mol. The first-order valence-electron chi connectivity index (χ1n) is 19.0. The maximum atomic E-state index is 14.0. The monoisotopic (exact) mass is 955 g/mol. The summed E-state index contributed by atoms with van der Waals surface area (Å²) in [5.74, 6) is -4.16. The third-order valence-corrected chi connectivity index (χ3v) is 14.6. The van der Waals surface area contributed by atoms with Crippen LogP contribution in [0.1, 0.15) is 10.5 Å². The molecule has 1 aliphatic rings. The fourth-order valence-corrected chi connectivity index (χ4v) is 11.1. The van der Waals surface area contributed by atoms with Gasteiger partial charge in [0.1, 0.15) is 30.2 Å². The van der Waals surface area contributed by atoms with Crippen molar-refractivity contribution in [3.8, 4) is 5.75 Å². The zero-order chi connectivity index (χ0) is 46.1. The molecule has 1 aromatic heterocycles. The Morgan fingerprint density at radius 2 is 1.74 bits per heavy atom. The summed E-state index contributed by atoms with van der Waals surface area (Å²) in [6.45, 7) is -1.18. The molecule has 62 heavy (non-hydrogen) atoms. The van der Waals surface area contributed by atoms with Crippen LogP contribution in [0.15, 0.2) is 30.3 Å². The zero-order valence-corrected chi connectivity index (χ0v) is 39.5. The van der Waals surface area contributed by atoms with Crippen molar-refractivity contribution >= 4 is 120 Å². The number of aldehydes is 1. The first-order chi connectivity index (χ1) is 29.4. The standard InChI is InChI=1S/C38H53N9O10S5/c1-39-24(33(52)40-12-13-48)17-59-31(51)16-45(4)36(55)27-21-62-61-20-26(44(2)3)37(56)47(6)28(19-58-7)38(57)60-18-25(34(53)41-15-30(50)46(27)5)43-35(54)32-29(49)14-22-10-8-9-11-23(22)42-32/h8-11,13-14,24-28,39,49H,12,15-21H2,1-7H3,(H,40,52)(H,41,53)(H,43,54)/t24-,25-,26?,27?,28+/m1/s1. The minimum absolute atomic E-state index is 0.0133. The fourth-order valence-electron chi connectivity index (χ4n) is 5.73. The normalized spacial score (nSPS) is 20.5. The topological polar surface area (TPSA) is 248 Å². The number of fused-ring (bicyclic) bond motifs is 1. The molecule has 0 aliphatic carbocycles. The quantitative estimate of drug-likeness (QED) is 0.117. The van der Waals surface area contributed by atoms with Gasteiger partial charge < -0.3 is 45.9 Å². The van der Waals surface area contributed by atoms with Gasteiger partial charge in [0, 0.05) is 55.3 Å². The molecule has 1 saturated heterocycles. The van der Waals surface area contributed by atoms with Gasteiger partial charge in [-0.15, -0.1) is 0 Å². The molecule has 0 radical (unpaired) electrons. The highest BCUT2D eigenvalue weighted by Gasteiger charge is 2.36. The average Bonchev–Trinajstić information content (AvgIpc) is 3.24. The number of carbonyl (C=O) groups is 9. The second-order valence-corrected chi connectivity index (χ2v) is 19.6. The van der Waals surface area contributed by atoms with E-state index in [4.69, 9.17) is 0 Å². The Morgan fingerprint density at radius 1 is 1.05 bits per heavy atom. The second kappa shape index (κ2) is 25.9. The summed E-state index contributed by atoms with van der Waals surface area (Å²) in [6, 6.07) is 3.14. The predicted molar refractivity (Wildman–Crippen MR) is 246 cm³/mol. The Bertz CT molecular complexity index is 1960. The Balaban J connectivity index is 1.91. The predicted octanol–water partition coefficient (Wildman–Crippen LogP) is -0.622. The second-order valence-electron chi connectivity index (χ2n) is 14.0. The number of rotatable bonds is 14. The summed E-state index contributed by atoms with van der Waals surface area (Å²) in [4.78, 5) is 128. The number of nitrogens with one attached hydrogen (secondary N) is 4. The van der Waals surface area contributed by atoms with Gasteiger partial charge in [-0.05, 0) is 39.5 Å². The molecule has 1 fully saturated rings. The van der Waals surface area contributed by atoms with Gasteiger partial charge in [-0.1, -0.05) is 63.3 Å². The van der Waals surface area contributed by atoms with E-state index in [9.17, 15) is 48.3 Å². The van der Waals surface area contributed by atoms with Crippen LogP contribution in [0.4, 0.5) is 0 Å². The molecule has 5 atom stereocenters. The number of aromatic hydroxyl groups is 1. The molecule has 340 valence electrons. The number of aromatic nitrogens is 1. The maximum Gasteiger partial charge on any atom is 0.274 e. The van der Waals surface area contributed by atoms with Crippen LogP contribution in [-0.2, 0) is 38.4 Å². The van der Waals surface area contributed by atoms with Crippen molar-refractivity contribution in [2.75, 3.05) is 96.9 Å². The highest BCUT2D eigenvalue weighted by atomic mass is 33.1. The molecule has 19 nitrogen and oxygen atoms in total. The van der Waals surface area contributed by atoms with Crippen molar-refractivity contribution < 1.29 is 48.3 Å². The number of hydrogen-bond donors (Lipinski definition) is 5. The van der Waals surface area contributed by atoms with E-state index in [2.05, 4.69) is 26.3 Å². The third kappa shape index (κ3) is 15.0. The molecule has 2 heterocycles. The van der Waals surface area contributed by atoms with Gasteiger partial charge in [0.25, 0.3) is 5.91 Å². The molecule has 0 saturated carbocycles. The third-order valence-electron chi connectivity index (χ3n) is 9.53. The molecule has 1 aromatic carbocycles. The largest absolute Gasteiger partial charge is 0.505 e. The minimum atomic E-state index is -1.44. The Kier molecular flexibility index (Phi) is 21.8. The van der Waals surface area contributed by atoms with Crippen molar-refractivity contribution in [3.05, 3.63) is 36.0 Å². The van der Waals surface area contributed by atoms with E-state index in [1.807, 2.05) is 0 Å². The van der Waals surface area contributed by atoms with Gasteiger partial charge in [-0.25, -0.2) is 4.98 Å². The molecule has 3 rings (SSSR count). The lowest BCUT2D eigenvalue weighted by Gasteiger charge is -2.33. The first kappa shape index (κ1) is 52.3. The molecular weight excluding hydrogens is 903 g/mol. The van der Waals surface area contributed by atoms with Crippen LogP contribution >= 0.6 is 56.9 Å². The van der Waals surface area contributed by atoms with Crippen molar-refractivity contribution in [2.24, 2.45) is 0 Å². The van der Waals surface area contributed by atoms with Crippen LogP contribution in [0.3, 0.4) is 0 Å². The van der Waals surface area contributed by atoms with Crippen LogP contribution < -0.4 is 21.3 Å². The van der Waals surface area contributed by atoms with E-state index < -0.39 is 82.3 Å². The number of nitrogens with zero attached hydrogens (tertiary/aromatic N) is 5. The number of amides is 6. The van der Waals surface area contributed by atoms with E-state index in [-0.39, 0.29) is 53.5 Å². The van der Waals surface area contributed by atoms with Gasteiger partial charge >= 0.3 is 0 Å². The van der Waals surface area contributed by atoms with E-state index in [0.717, 1.165) is 33.3 Å². The molecule has 1 aliphatic heterocycles. The highest BCUT2D eigenvalue weighted by Crippen LogP contribution is 2.28. The number of carbonyl (C=O) groups excluding carboxylic acids is 9. The summed E-state index contributed by atoms with van der Waals surface area (Å²) < 4.78 is 0. The highest BCUT2D eigenvalue weighted by molar-refractivity contribution is 8.76. The summed E-state index contributed by atoms with van der Waals surface area (Å²) in [5.41, 5.74) is 0.0304. The molecule has 5 N–H and O–H groups in total. The number of benzene rings is 1. The SMILES string of the molecule is CN[C@H](CSC(=O)CN(C)C(=O)C1CSSCC(N(C)C)C(=O)N(C)[C@@H](CSC)C(=O)SC[C@@H](NC(=O)c2nc3ccccc3cc2O)C(=O)NCC(=O)N1C)C(=O)NCC=O. The van der Waals surface area contributed by atoms with Gasteiger partial charge in [0.05, 0.1) is 37.2 Å². The summed E-state index contributed by atoms with van der Waals surface area (Å²) in [7, 11) is 11.8. The first-order valence-corrected chi connectivity index (χ1v) is 24.9. The Labute approximate surface area is 380 Å². The molecule has 0 bridgehead atoms. The molecule has 0 spiro atoms. The van der Waals surface area contributed by atoms with Crippen LogP contribution in [0.2, 0.25) is 0 Å². The van der Waals surface area contributed by atoms with E-state index in [0.29, 0.717) is 17.2 Å². The smallest absolute Gasteiger partial charge is 0.274 e. The van der Waals surface area contributed by atoms with E-state index in [1.165, 1.54) is 72.5 Å². The van der Waals surface area contributed by atoms with Crippen molar-refractivity contribution in [3.63, 3.8) is 0 Å². The molecule has 2 aromatic rings. The van der Waals surface area contributed by atoms with Crippen LogP contribution in [0, 0.1) is 0 Å². The van der Waals surface area contributed by atoms with E-state index >= 15 is 0 Å². The summed E-state index contributed by atoms with van der Waals surface area (Å²) in [5, 5.41) is 20.6. The zero-order valence-electron chi connectivity index (χ0n) is 35.4. The van der Waals surface area contributed by atoms with E-state index in [1.54, 1.807) is 49.5 Å². The Morgan fingerprint density at radius 3 is 2.40 bits per heavy atom. The number of hydrogen-bond acceptors (Lipinski definition) is 18. The number of para-hydroxylation sites is 1. The van der Waals surface area contributed by atoms with Gasteiger partial charge in [-0.3, -0.25) is 43.3 Å².